The molecular formula is C18H11ClF3N3O. The number of rotatable bonds is 4. The van der Waals surface area contributed by atoms with E-state index in [0.29, 0.717) is 10.8 Å². The number of nitrogens with one attached hydrogen (secondary N) is 2. The lowest BCUT2D eigenvalue weighted by Gasteiger charge is -2.09. The van der Waals surface area contributed by atoms with Crippen LogP contribution in [-0.2, 0) is 0 Å². The molecule has 0 saturated heterocycles. The standard InChI is InChI=1S/C18H11ClF3N3O/c19-11-2-4-12(5-3-11)24-15-8-1-10(9-23-15)18(26)25-14-7-6-13(20)16(21)17(14)22/h1-9H,(H,23,24)(H,25,26). The predicted octanol–water partition coefficient (Wildman–Crippen LogP) is 5.15. The second-order valence-corrected chi connectivity index (χ2v) is 5.68. The molecule has 0 saturated carbocycles. The number of pyridine rings is 1. The quantitative estimate of drug-likeness (QED) is 0.618. The third kappa shape index (κ3) is 3.94. The van der Waals surface area contributed by atoms with Crippen LogP contribution in [0.2, 0.25) is 5.02 Å². The average Bonchev–Trinajstić information content (AvgIpc) is 2.64. The van der Waals surface area contributed by atoms with Crippen molar-refractivity contribution in [3.05, 3.63) is 82.8 Å². The van der Waals surface area contributed by atoms with Gasteiger partial charge in [0.1, 0.15) is 5.82 Å². The third-order valence-corrected chi connectivity index (χ3v) is 3.68. The number of hydrogen-bond donors (Lipinski definition) is 2. The van der Waals surface area contributed by atoms with E-state index in [-0.39, 0.29) is 5.56 Å². The number of benzene rings is 2. The van der Waals surface area contributed by atoms with Gasteiger partial charge in [-0.3, -0.25) is 4.79 Å². The fraction of sp³-hybridized carbons (Fsp3) is 0. The van der Waals surface area contributed by atoms with Gasteiger partial charge in [0.15, 0.2) is 17.5 Å². The number of aromatic nitrogens is 1. The number of hydrogen-bond acceptors (Lipinski definition) is 3. The molecule has 1 aromatic heterocycles. The van der Waals surface area contributed by atoms with Crippen LogP contribution in [0.25, 0.3) is 0 Å². The Kier molecular flexibility index (Phi) is 5.09. The van der Waals surface area contributed by atoms with Crippen LogP contribution in [0.1, 0.15) is 10.4 Å². The summed E-state index contributed by atoms with van der Waals surface area (Å²) in [5.41, 5.74) is 0.413. The van der Waals surface area contributed by atoms with Gasteiger partial charge in [0, 0.05) is 16.9 Å². The molecule has 0 bridgehead atoms. The van der Waals surface area contributed by atoms with Crippen LogP contribution in [0.4, 0.5) is 30.4 Å². The molecule has 0 fully saturated rings. The summed E-state index contributed by atoms with van der Waals surface area (Å²) in [4.78, 5) is 16.2. The van der Waals surface area contributed by atoms with Gasteiger partial charge in [0.25, 0.3) is 5.91 Å². The average molecular weight is 378 g/mol. The first kappa shape index (κ1) is 17.8. The molecule has 4 nitrogen and oxygen atoms in total. The molecule has 26 heavy (non-hydrogen) atoms. The van der Waals surface area contributed by atoms with Crippen molar-refractivity contribution >= 4 is 34.7 Å². The van der Waals surface area contributed by atoms with Gasteiger partial charge in [-0.15, -0.1) is 0 Å². The molecule has 3 rings (SSSR count). The molecule has 0 aliphatic rings. The van der Waals surface area contributed by atoms with E-state index in [2.05, 4.69) is 15.6 Å². The molecule has 0 aliphatic carbocycles. The topological polar surface area (TPSA) is 54.0 Å². The van der Waals surface area contributed by atoms with Crippen molar-refractivity contribution in [2.45, 2.75) is 0 Å². The lowest BCUT2D eigenvalue weighted by atomic mass is 10.2. The van der Waals surface area contributed by atoms with E-state index in [4.69, 9.17) is 11.6 Å². The van der Waals surface area contributed by atoms with Gasteiger partial charge in [-0.25, -0.2) is 18.2 Å². The number of anilines is 3. The maximum Gasteiger partial charge on any atom is 0.257 e. The normalized spacial score (nSPS) is 10.5. The first-order valence-electron chi connectivity index (χ1n) is 7.37. The molecule has 0 radical (unpaired) electrons. The molecule has 2 aromatic carbocycles. The summed E-state index contributed by atoms with van der Waals surface area (Å²) in [6, 6.07) is 11.6. The van der Waals surface area contributed by atoms with Crippen molar-refractivity contribution in [2.75, 3.05) is 10.6 Å². The van der Waals surface area contributed by atoms with Gasteiger partial charge in [-0.1, -0.05) is 11.6 Å². The molecular weight excluding hydrogens is 367 g/mol. The summed E-state index contributed by atoms with van der Waals surface area (Å²) in [5, 5.41) is 5.79. The molecule has 132 valence electrons. The van der Waals surface area contributed by atoms with E-state index in [1.54, 1.807) is 30.3 Å². The monoisotopic (exact) mass is 377 g/mol. The van der Waals surface area contributed by atoms with Crippen molar-refractivity contribution < 1.29 is 18.0 Å². The van der Waals surface area contributed by atoms with E-state index in [0.717, 1.165) is 17.8 Å². The zero-order valence-electron chi connectivity index (χ0n) is 13.1. The van der Waals surface area contributed by atoms with Gasteiger partial charge in [-0.2, -0.15) is 0 Å². The van der Waals surface area contributed by atoms with E-state index in [1.807, 2.05) is 0 Å². The Morgan fingerprint density at radius 2 is 1.65 bits per heavy atom. The lowest BCUT2D eigenvalue weighted by Crippen LogP contribution is -2.14. The van der Waals surface area contributed by atoms with Gasteiger partial charge in [0.2, 0.25) is 0 Å². The zero-order chi connectivity index (χ0) is 18.7. The lowest BCUT2D eigenvalue weighted by molar-refractivity contribution is 0.102. The Bertz CT molecular complexity index is 947. The number of nitrogens with zero attached hydrogens (tertiary/aromatic N) is 1. The first-order valence-corrected chi connectivity index (χ1v) is 7.75. The summed E-state index contributed by atoms with van der Waals surface area (Å²) in [5.74, 6) is -4.68. The first-order chi connectivity index (χ1) is 12.4. The molecule has 0 atom stereocenters. The van der Waals surface area contributed by atoms with Gasteiger partial charge >= 0.3 is 0 Å². The molecule has 1 heterocycles. The summed E-state index contributed by atoms with van der Waals surface area (Å²) >= 11 is 5.81. The minimum atomic E-state index is -1.65. The van der Waals surface area contributed by atoms with Crippen molar-refractivity contribution in [2.24, 2.45) is 0 Å². The fourth-order valence-corrected chi connectivity index (χ4v) is 2.23. The van der Waals surface area contributed by atoms with Crippen LogP contribution < -0.4 is 10.6 Å². The summed E-state index contributed by atoms with van der Waals surface area (Å²) < 4.78 is 39.7. The number of halogens is 4. The Morgan fingerprint density at radius 3 is 2.31 bits per heavy atom. The Balaban J connectivity index is 1.71. The SMILES string of the molecule is O=C(Nc1ccc(F)c(F)c1F)c1ccc(Nc2ccc(Cl)cc2)nc1. The highest BCUT2D eigenvalue weighted by atomic mass is 35.5. The highest BCUT2D eigenvalue weighted by Gasteiger charge is 2.16. The number of amides is 1. The second kappa shape index (κ2) is 7.45. The van der Waals surface area contributed by atoms with Crippen LogP contribution in [0.3, 0.4) is 0 Å². The summed E-state index contributed by atoms with van der Waals surface area (Å²) in [7, 11) is 0. The maximum atomic E-state index is 13.6. The van der Waals surface area contributed by atoms with Gasteiger partial charge in [0.05, 0.1) is 11.3 Å². The van der Waals surface area contributed by atoms with Crippen molar-refractivity contribution in [1.29, 1.82) is 0 Å². The van der Waals surface area contributed by atoms with Gasteiger partial charge in [-0.05, 0) is 48.5 Å². The van der Waals surface area contributed by atoms with Crippen LogP contribution in [0.5, 0.6) is 0 Å². The molecule has 8 heteroatoms. The minimum absolute atomic E-state index is 0.121. The maximum absolute atomic E-state index is 13.6. The number of carbonyl (C=O) groups is 1. The van der Waals surface area contributed by atoms with Crippen molar-refractivity contribution in [3.63, 3.8) is 0 Å². The van der Waals surface area contributed by atoms with E-state index >= 15 is 0 Å². The molecule has 0 unspecified atom stereocenters. The highest BCUT2D eigenvalue weighted by Crippen LogP contribution is 2.21. The molecule has 0 spiro atoms. The Hall–Kier alpha value is -3.06. The largest absolute Gasteiger partial charge is 0.340 e. The highest BCUT2D eigenvalue weighted by molar-refractivity contribution is 6.30. The molecule has 1 amide bonds. The number of carbonyl (C=O) groups excluding carboxylic acids is 1. The van der Waals surface area contributed by atoms with Crippen molar-refractivity contribution in [1.82, 2.24) is 4.98 Å². The zero-order valence-corrected chi connectivity index (χ0v) is 13.8. The van der Waals surface area contributed by atoms with Crippen LogP contribution in [-0.4, -0.2) is 10.9 Å². The predicted molar refractivity (Wildman–Crippen MR) is 93.2 cm³/mol. The van der Waals surface area contributed by atoms with Crippen molar-refractivity contribution in [3.8, 4) is 0 Å². The Morgan fingerprint density at radius 1 is 0.923 bits per heavy atom. The summed E-state index contributed by atoms with van der Waals surface area (Å²) in [6.07, 6.45) is 1.27. The molecule has 3 aromatic rings. The minimum Gasteiger partial charge on any atom is -0.340 e. The third-order valence-electron chi connectivity index (χ3n) is 3.43. The Labute approximate surface area is 151 Å². The van der Waals surface area contributed by atoms with E-state index in [1.165, 1.54) is 12.3 Å². The van der Waals surface area contributed by atoms with E-state index < -0.39 is 29.0 Å². The van der Waals surface area contributed by atoms with E-state index in [9.17, 15) is 18.0 Å². The van der Waals surface area contributed by atoms with Crippen LogP contribution in [0.15, 0.2) is 54.7 Å². The smallest absolute Gasteiger partial charge is 0.257 e. The molecule has 2 N–H and O–H groups in total. The fourth-order valence-electron chi connectivity index (χ4n) is 2.10. The second-order valence-electron chi connectivity index (χ2n) is 5.24. The summed E-state index contributed by atoms with van der Waals surface area (Å²) in [6.45, 7) is 0. The van der Waals surface area contributed by atoms with Gasteiger partial charge < -0.3 is 10.6 Å². The molecule has 0 aliphatic heterocycles. The van der Waals surface area contributed by atoms with Crippen LogP contribution >= 0.6 is 11.6 Å². The van der Waals surface area contributed by atoms with Crippen LogP contribution in [0, 0.1) is 17.5 Å².